The summed E-state index contributed by atoms with van der Waals surface area (Å²) in [6.07, 6.45) is 0.571. The lowest BCUT2D eigenvalue weighted by atomic mass is 9.99. The van der Waals surface area contributed by atoms with Crippen molar-refractivity contribution < 1.29 is 14.3 Å². The number of nitrogens with zero attached hydrogens (tertiary/aromatic N) is 1. The van der Waals surface area contributed by atoms with Gasteiger partial charge in [-0.15, -0.1) is 0 Å². The average Bonchev–Trinajstić information content (AvgIpc) is 2.79. The number of halogens is 3. The number of rotatable bonds is 7. The molecule has 0 aliphatic carbocycles. The highest BCUT2D eigenvalue weighted by atomic mass is 35.5. The number of carbonyl (C=O) groups excluding carboxylic acids is 2. The van der Waals surface area contributed by atoms with Crippen molar-refractivity contribution in [3.63, 3.8) is 0 Å². The Labute approximate surface area is 194 Å². The lowest BCUT2D eigenvalue weighted by Gasteiger charge is -2.19. The van der Waals surface area contributed by atoms with Gasteiger partial charge in [0.25, 0.3) is 5.91 Å². The lowest BCUT2D eigenvalue weighted by Crippen LogP contribution is -2.33. The zero-order valence-electron chi connectivity index (χ0n) is 16.1. The summed E-state index contributed by atoms with van der Waals surface area (Å²) in [5.41, 5.74) is 7.28. The normalized spacial score (nSPS) is 11.6. The van der Waals surface area contributed by atoms with Gasteiger partial charge >= 0.3 is 5.97 Å². The molecule has 1 unspecified atom stereocenters. The highest BCUT2D eigenvalue weighted by molar-refractivity contribution is 6.46. The number of esters is 1. The molecule has 0 spiro atoms. The first-order valence-electron chi connectivity index (χ1n) is 9.22. The number of carbonyl (C=O) groups is 2. The maximum absolute atomic E-state index is 12.5. The molecule has 1 aromatic heterocycles. The molecular weight excluding hydrogens is 461 g/mol. The number of aromatic nitrogens is 1. The molecule has 0 aliphatic rings. The van der Waals surface area contributed by atoms with Crippen molar-refractivity contribution in [3.8, 4) is 0 Å². The number of benzene rings is 2. The van der Waals surface area contributed by atoms with Gasteiger partial charge in [0.15, 0.2) is 17.5 Å². The van der Waals surface area contributed by atoms with Gasteiger partial charge < -0.3 is 15.8 Å². The fraction of sp³-hybridized carbons (Fsp3) is 0.136. The van der Waals surface area contributed by atoms with Gasteiger partial charge in [-0.1, -0.05) is 95.5 Å². The Morgan fingerprint density at radius 1 is 0.968 bits per heavy atom. The van der Waals surface area contributed by atoms with E-state index in [0.29, 0.717) is 6.42 Å². The molecule has 0 bridgehead atoms. The second-order valence-corrected chi connectivity index (χ2v) is 7.70. The van der Waals surface area contributed by atoms with Crippen LogP contribution in [-0.4, -0.2) is 23.5 Å². The van der Waals surface area contributed by atoms with Gasteiger partial charge in [-0.25, -0.2) is 9.78 Å². The first-order valence-corrected chi connectivity index (χ1v) is 10.4. The second-order valence-electron chi connectivity index (χ2n) is 6.59. The van der Waals surface area contributed by atoms with Crippen molar-refractivity contribution in [3.05, 3.63) is 92.7 Å². The van der Waals surface area contributed by atoms with E-state index >= 15 is 0 Å². The Kier molecular flexibility index (Phi) is 7.74. The summed E-state index contributed by atoms with van der Waals surface area (Å²) in [6.45, 7) is -0.533. The zero-order chi connectivity index (χ0) is 22.4. The van der Waals surface area contributed by atoms with Gasteiger partial charge in [0, 0.05) is 0 Å². The van der Waals surface area contributed by atoms with Crippen LogP contribution in [0.2, 0.25) is 15.2 Å². The molecule has 0 aliphatic heterocycles. The SMILES string of the molecule is Nc1c(Cl)c(Cl)nc(C(=O)OCC(=O)NC(Cc2ccccc2)c2ccccc2)c1Cl. The average molecular weight is 479 g/mol. The second kappa shape index (κ2) is 10.5. The molecule has 0 saturated heterocycles. The monoisotopic (exact) mass is 477 g/mol. The number of nitrogen functional groups attached to an aromatic ring is 1. The number of pyridine rings is 1. The smallest absolute Gasteiger partial charge is 0.359 e. The van der Waals surface area contributed by atoms with Crippen LogP contribution in [0.1, 0.15) is 27.7 Å². The van der Waals surface area contributed by atoms with Crippen LogP contribution < -0.4 is 11.1 Å². The Morgan fingerprint density at radius 2 is 1.58 bits per heavy atom. The summed E-state index contributed by atoms with van der Waals surface area (Å²) >= 11 is 17.7. The number of hydrogen-bond acceptors (Lipinski definition) is 5. The highest BCUT2D eigenvalue weighted by Gasteiger charge is 2.22. The van der Waals surface area contributed by atoms with Crippen molar-refractivity contribution in [1.29, 1.82) is 0 Å². The van der Waals surface area contributed by atoms with Crippen molar-refractivity contribution in [2.75, 3.05) is 12.3 Å². The van der Waals surface area contributed by atoms with E-state index in [1.165, 1.54) is 0 Å². The van der Waals surface area contributed by atoms with Crippen molar-refractivity contribution in [2.45, 2.75) is 12.5 Å². The van der Waals surface area contributed by atoms with Crippen molar-refractivity contribution in [1.82, 2.24) is 10.3 Å². The van der Waals surface area contributed by atoms with E-state index in [2.05, 4.69) is 10.3 Å². The largest absolute Gasteiger partial charge is 0.451 e. The van der Waals surface area contributed by atoms with Crippen LogP contribution in [0.25, 0.3) is 0 Å². The van der Waals surface area contributed by atoms with Crippen LogP contribution in [0, 0.1) is 0 Å². The van der Waals surface area contributed by atoms with E-state index in [1.54, 1.807) is 0 Å². The van der Waals surface area contributed by atoms with Gasteiger partial charge in [0.1, 0.15) is 5.02 Å². The van der Waals surface area contributed by atoms with Crippen LogP contribution in [0.15, 0.2) is 60.7 Å². The molecule has 9 heteroatoms. The van der Waals surface area contributed by atoms with Gasteiger partial charge in [-0.3, -0.25) is 4.79 Å². The molecule has 31 heavy (non-hydrogen) atoms. The van der Waals surface area contributed by atoms with Gasteiger partial charge in [-0.2, -0.15) is 0 Å². The van der Waals surface area contributed by atoms with E-state index in [0.717, 1.165) is 11.1 Å². The number of nitrogens with two attached hydrogens (primary N) is 1. The van der Waals surface area contributed by atoms with Crippen molar-refractivity contribution in [2.24, 2.45) is 0 Å². The number of hydrogen-bond donors (Lipinski definition) is 2. The fourth-order valence-corrected chi connectivity index (χ4v) is 3.47. The zero-order valence-corrected chi connectivity index (χ0v) is 18.4. The van der Waals surface area contributed by atoms with Gasteiger partial charge in [0.2, 0.25) is 0 Å². The first kappa shape index (κ1) is 22.9. The molecule has 0 saturated carbocycles. The molecule has 160 valence electrons. The molecule has 0 radical (unpaired) electrons. The molecule has 2 aromatic carbocycles. The highest BCUT2D eigenvalue weighted by Crippen LogP contribution is 2.34. The topological polar surface area (TPSA) is 94.3 Å². The van der Waals surface area contributed by atoms with Crippen LogP contribution in [0.3, 0.4) is 0 Å². The number of ether oxygens (including phenoxy) is 1. The molecule has 3 rings (SSSR count). The van der Waals surface area contributed by atoms with Gasteiger partial charge in [-0.05, 0) is 17.5 Å². The molecule has 3 aromatic rings. The summed E-state index contributed by atoms with van der Waals surface area (Å²) in [4.78, 5) is 28.6. The van der Waals surface area contributed by atoms with Gasteiger partial charge in [0.05, 0.1) is 16.8 Å². The number of nitrogens with one attached hydrogen (secondary N) is 1. The molecule has 1 heterocycles. The van der Waals surface area contributed by atoms with E-state index in [-0.39, 0.29) is 32.6 Å². The molecule has 1 atom stereocenters. The minimum Gasteiger partial charge on any atom is -0.451 e. The van der Waals surface area contributed by atoms with E-state index in [9.17, 15) is 9.59 Å². The minimum absolute atomic E-state index is 0.0624. The number of amides is 1. The predicted octanol–water partition coefficient (Wildman–Crippen LogP) is 4.88. The van der Waals surface area contributed by atoms with Crippen molar-refractivity contribution >= 4 is 52.4 Å². The lowest BCUT2D eigenvalue weighted by molar-refractivity contribution is -0.125. The minimum atomic E-state index is -0.940. The van der Waals surface area contributed by atoms with Crippen LogP contribution in [0.4, 0.5) is 5.69 Å². The van der Waals surface area contributed by atoms with Crippen LogP contribution >= 0.6 is 34.8 Å². The number of anilines is 1. The maximum atomic E-state index is 12.5. The Bertz CT molecular complexity index is 1080. The van der Waals surface area contributed by atoms with E-state index in [4.69, 9.17) is 45.3 Å². The quantitative estimate of drug-likeness (QED) is 0.373. The van der Waals surface area contributed by atoms with E-state index < -0.39 is 18.5 Å². The third-order valence-corrected chi connectivity index (χ3v) is 5.55. The summed E-state index contributed by atoms with van der Waals surface area (Å²) in [5.74, 6) is -1.42. The first-order chi connectivity index (χ1) is 14.9. The summed E-state index contributed by atoms with van der Waals surface area (Å²) in [7, 11) is 0. The van der Waals surface area contributed by atoms with Crippen LogP contribution in [-0.2, 0) is 16.0 Å². The third kappa shape index (κ3) is 5.88. The fourth-order valence-electron chi connectivity index (χ4n) is 2.89. The van der Waals surface area contributed by atoms with E-state index in [1.807, 2.05) is 60.7 Å². The molecule has 1 amide bonds. The Morgan fingerprint density at radius 3 is 2.23 bits per heavy atom. The summed E-state index contributed by atoms with van der Waals surface area (Å²) < 4.78 is 5.05. The molecule has 6 nitrogen and oxygen atoms in total. The molecular formula is C22H18Cl3N3O3. The molecule has 3 N–H and O–H groups in total. The third-order valence-electron chi connectivity index (χ3n) is 4.42. The molecule has 0 fully saturated rings. The summed E-state index contributed by atoms with van der Waals surface area (Å²) in [5, 5.41) is 2.45. The Hall–Kier alpha value is -2.80. The van der Waals surface area contributed by atoms with Crippen LogP contribution in [0.5, 0.6) is 0 Å². The summed E-state index contributed by atoms with van der Waals surface area (Å²) in [6, 6.07) is 18.9. The Balaban J connectivity index is 1.68. The predicted molar refractivity (Wildman–Crippen MR) is 121 cm³/mol. The standard InChI is InChI=1S/C22H18Cl3N3O3/c23-17-19(26)18(24)21(25)28-20(17)22(30)31-12-16(29)27-15(14-9-5-2-6-10-14)11-13-7-3-1-4-8-13/h1-10,15H,11-12H2,(H2,26,28)(H,27,29). The maximum Gasteiger partial charge on any atom is 0.359 e.